The van der Waals surface area contributed by atoms with Crippen molar-refractivity contribution in [2.45, 2.75) is 44.6 Å². The Morgan fingerprint density at radius 3 is 2.20 bits per heavy atom. The van der Waals surface area contributed by atoms with Gasteiger partial charge in [-0.15, -0.1) is 0 Å². The van der Waals surface area contributed by atoms with Crippen LogP contribution < -0.4 is 9.47 Å². The molecule has 0 N–H and O–H groups in total. The highest BCUT2D eigenvalue weighted by atomic mass is 19.2. The summed E-state index contributed by atoms with van der Waals surface area (Å²) in [5.41, 5.74) is 0.708. The normalized spacial score (nSPS) is 17.7. The Morgan fingerprint density at radius 2 is 1.57 bits per heavy atom. The number of benzene rings is 3. The van der Waals surface area contributed by atoms with E-state index in [2.05, 4.69) is 0 Å². The minimum Gasteiger partial charge on any atom is -0.494 e. The second-order valence-electron chi connectivity index (χ2n) is 8.53. The summed E-state index contributed by atoms with van der Waals surface area (Å²) in [5, 5.41) is 0. The lowest BCUT2D eigenvalue weighted by molar-refractivity contribution is 0.0655. The van der Waals surface area contributed by atoms with Crippen molar-refractivity contribution >= 4 is 5.97 Å². The van der Waals surface area contributed by atoms with E-state index in [0.717, 1.165) is 31.7 Å². The molecular formula is C28H27F3O4. The fourth-order valence-electron chi connectivity index (χ4n) is 4.49. The third-order valence-electron chi connectivity index (χ3n) is 6.41. The molecular weight excluding hydrogens is 457 g/mol. The summed E-state index contributed by atoms with van der Waals surface area (Å²) in [6, 6.07) is 13.1. The van der Waals surface area contributed by atoms with Crippen molar-refractivity contribution in [1.29, 1.82) is 0 Å². The number of carbonyl (C=O) groups is 1. The number of esters is 1. The predicted octanol–water partition coefficient (Wildman–Crippen LogP) is 7.06. The molecule has 0 aromatic heterocycles. The van der Waals surface area contributed by atoms with Gasteiger partial charge >= 0.3 is 5.97 Å². The predicted molar refractivity (Wildman–Crippen MR) is 126 cm³/mol. The molecule has 1 saturated carbocycles. The summed E-state index contributed by atoms with van der Waals surface area (Å²) in [6.45, 7) is 2.14. The molecule has 0 radical (unpaired) electrons. The van der Waals surface area contributed by atoms with Gasteiger partial charge in [0.25, 0.3) is 0 Å². The van der Waals surface area contributed by atoms with Crippen LogP contribution in [0.5, 0.6) is 11.5 Å². The van der Waals surface area contributed by atoms with Crippen LogP contribution >= 0.6 is 0 Å². The quantitative estimate of drug-likeness (QED) is 0.266. The highest BCUT2D eigenvalue weighted by molar-refractivity contribution is 5.91. The molecule has 4 rings (SSSR count). The molecule has 1 fully saturated rings. The lowest BCUT2D eigenvalue weighted by Crippen LogP contribution is -2.20. The van der Waals surface area contributed by atoms with Crippen LogP contribution in [0.3, 0.4) is 0 Å². The molecule has 35 heavy (non-hydrogen) atoms. The number of hydrogen-bond acceptors (Lipinski definition) is 4. The number of hydrogen-bond donors (Lipinski definition) is 0. The average Bonchev–Trinajstić information content (AvgIpc) is 2.86. The molecule has 1 aliphatic carbocycles. The van der Waals surface area contributed by atoms with Crippen LogP contribution in [-0.4, -0.2) is 25.8 Å². The zero-order valence-electron chi connectivity index (χ0n) is 19.7. The van der Waals surface area contributed by atoms with Gasteiger partial charge in [0.2, 0.25) is 0 Å². The highest BCUT2D eigenvalue weighted by Gasteiger charge is 2.26. The van der Waals surface area contributed by atoms with E-state index in [1.807, 2.05) is 0 Å². The Morgan fingerprint density at radius 1 is 0.886 bits per heavy atom. The topological polar surface area (TPSA) is 44.8 Å². The molecule has 3 aromatic carbocycles. The first-order chi connectivity index (χ1) is 16.9. The van der Waals surface area contributed by atoms with Gasteiger partial charge in [0, 0.05) is 18.7 Å². The van der Waals surface area contributed by atoms with E-state index in [4.69, 9.17) is 14.2 Å². The fourth-order valence-corrected chi connectivity index (χ4v) is 4.49. The van der Waals surface area contributed by atoms with E-state index in [0.29, 0.717) is 23.5 Å². The van der Waals surface area contributed by atoms with Crippen molar-refractivity contribution in [2.24, 2.45) is 0 Å². The Labute approximate surface area is 202 Å². The van der Waals surface area contributed by atoms with Crippen LogP contribution in [0.4, 0.5) is 13.2 Å². The standard InChI is InChI=1S/C28H27F3O4/c1-3-34-21-12-13-24(25(29)16-21)28(32)35-20-10-6-18(7-11-20)23-15-14-22(26(30)27(23)31)17-4-8-19(33-2)9-5-17/h6-7,10-17,19H,3-5,8-9H2,1-2H3. The van der Waals surface area contributed by atoms with Gasteiger partial charge < -0.3 is 14.2 Å². The van der Waals surface area contributed by atoms with Crippen molar-refractivity contribution in [3.05, 3.63) is 83.2 Å². The lowest BCUT2D eigenvalue weighted by Gasteiger charge is -2.28. The van der Waals surface area contributed by atoms with Crippen LogP contribution in [0.25, 0.3) is 11.1 Å². The Balaban J connectivity index is 1.47. The Bertz CT molecular complexity index is 1190. The van der Waals surface area contributed by atoms with E-state index in [1.54, 1.807) is 26.2 Å². The molecule has 3 aromatic rings. The second-order valence-corrected chi connectivity index (χ2v) is 8.53. The summed E-state index contributed by atoms with van der Waals surface area (Å²) < 4.78 is 60.0. The molecule has 1 aliphatic rings. The van der Waals surface area contributed by atoms with Gasteiger partial charge in [0.1, 0.15) is 17.3 Å². The molecule has 0 unspecified atom stereocenters. The van der Waals surface area contributed by atoms with E-state index in [-0.39, 0.29) is 28.9 Å². The molecule has 0 spiro atoms. The summed E-state index contributed by atoms with van der Waals surface area (Å²) in [7, 11) is 1.67. The monoisotopic (exact) mass is 484 g/mol. The minimum absolute atomic E-state index is 0.0327. The van der Waals surface area contributed by atoms with Gasteiger partial charge in [0.15, 0.2) is 11.6 Å². The van der Waals surface area contributed by atoms with Gasteiger partial charge in [-0.25, -0.2) is 18.0 Å². The fraction of sp³-hybridized carbons (Fsp3) is 0.321. The summed E-state index contributed by atoms with van der Waals surface area (Å²) in [6.07, 6.45) is 3.33. The molecule has 0 amide bonds. The number of carbonyl (C=O) groups excluding carboxylic acids is 1. The van der Waals surface area contributed by atoms with Crippen LogP contribution in [0, 0.1) is 17.5 Å². The molecule has 4 nitrogen and oxygen atoms in total. The number of ether oxygens (including phenoxy) is 3. The molecule has 0 heterocycles. The van der Waals surface area contributed by atoms with Gasteiger partial charge in [0.05, 0.1) is 18.3 Å². The third kappa shape index (κ3) is 5.51. The molecule has 7 heteroatoms. The number of methoxy groups -OCH3 is 1. The van der Waals surface area contributed by atoms with Gasteiger partial charge in [-0.05, 0) is 73.9 Å². The van der Waals surface area contributed by atoms with Crippen molar-refractivity contribution in [2.75, 3.05) is 13.7 Å². The summed E-state index contributed by atoms with van der Waals surface area (Å²) >= 11 is 0. The Kier molecular flexibility index (Phi) is 7.76. The van der Waals surface area contributed by atoms with E-state index < -0.39 is 23.4 Å². The van der Waals surface area contributed by atoms with Gasteiger partial charge in [-0.3, -0.25) is 0 Å². The third-order valence-corrected chi connectivity index (χ3v) is 6.41. The van der Waals surface area contributed by atoms with E-state index in [1.165, 1.54) is 36.4 Å². The maximum atomic E-state index is 15.0. The Hall–Kier alpha value is -3.32. The summed E-state index contributed by atoms with van der Waals surface area (Å²) in [4.78, 5) is 12.4. The molecule has 0 aliphatic heterocycles. The van der Waals surface area contributed by atoms with Gasteiger partial charge in [-0.1, -0.05) is 24.3 Å². The maximum absolute atomic E-state index is 15.0. The highest BCUT2D eigenvalue weighted by Crippen LogP contribution is 2.38. The second kappa shape index (κ2) is 11.0. The maximum Gasteiger partial charge on any atom is 0.346 e. The first kappa shape index (κ1) is 24.8. The summed E-state index contributed by atoms with van der Waals surface area (Å²) in [5.74, 6) is -2.93. The van der Waals surface area contributed by atoms with E-state index in [9.17, 15) is 18.0 Å². The van der Waals surface area contributed by atoms with Crippen molar-refractivity contribution in [3.8, 4) is 22.6 Å². The molecule has 184 valence electrons. The van der Waals surface area contributed by atoms with Crippen molar-refractivity contribution < 1.29 is 32.2 Å². The molecule has 0 atom stereocenters. The first-order valence-corrected chi connectivity index (χ1v) is 11.7. The average molecular weight is 485 g/mol. The SMILES string of the molecule is CCOc1ccc(C(=O)Oc2ccc(-c3ccc(C4CCC(OC)CC4)c(F)c3F)cc2)c(F)c1. The lowest BCUT2D eigenvalue weighted by atomic mass is 9.82. The van der Waals surface area contributed by atoms with Gasteiger partial charge in [-0.2, -0.15) is 0 Å². The van der Waals surface area contributed by atoms with Crippen LogP contribution in [0.15, 0.2) is 54.6 Å². The largest absolute Gasteiger partial charge is 0.494 e. The first-order valence-electron chi connectivity index (χ1n) is 11.7. The van der Waals surface area contributed by atoms with Crippen LogP contribution in [0.1, 0.15) is 54.4 Å². The van der Waals surface area contributed by atoms with Crippen LogP contribution in [-0.2, 0) is 4.74 Å². The van der Waals surface area contributed by atoms with Crippen molar-refractivity contribution in [3.63, 3.8) is 0 Å². The minimum atomic E-state index is -0.905. The smallest absolute Gasteiger partial charge is 0.346 e. The van der Waals surface area contributed by atoms with E-state index >= 15 is 0 Å². The number of halogens is 3. The molecule has 0 saturated heterocycles. The van der Waals surface area contributed by atoms with Crippen LogP contribution in [0.2, 0.25) is 0 Å². The zero-order chi connectivity index (χ0) is 24.9. The number of rotatable bonds is 7. The van der Waals surface area contributed by atoms with Crippen molar-refractivity contribution in [1.82, 2.24) is 0 Å². The molecule has 0 bridgehead atoms. The zero-order valence-corrected chi connectivity index (χ0v) is 19.7.